The number of alkyl halides is 1. The van der Waals surface area contributed by atoms with Gasteiger partial charge in [0.1, 0.15) is 29.0 Å². The van der Waals surface area contributed by atoms with Gasteiger partial charge in [-0.05, 0) is 44.5 Å². The second-order valence-electron chi connectivity index (χ2n) is 11.4. The minimum atomic E-state index is -2.68. The normalized spacial score (nSPS) is 29.3. The molecule has 11 nitrogen and oxygen atoms in total. The molecule has 6 N–H and O–H groups in total. The SMILES string of the molecule is CN(C)c1cc(CN2CC(F)C2)c(O)c2c1C[C@H]1C[C@H]3[C@H](N(C)C)C(=O)C(C(N)=O)=C(O)[C@@]3(O)C(=O)C1=C2O. The molecule has 1 saturated heterocycles. The third-order valence-corrected chi connectivity index (χ3v) is 8.56. The van der Waals surface area contributed by atoms with Gasteiger partial charge in [0, 0.05) is 56.5 Å². The summed E-state index contributed by atoms with van der Waals surface area (Å²) in [6, 6.07) is 0.641. The van der Waals surface area contributed by atoms with Gasteiger partial charge in [-0.2, -0.15) is 0 Å². The summed E-state index contributed by atoms with van der Waals surface area (Å²) in [5, 5.41) is 45.4. The van der Waals surface area contributed by atoms with Gasteiger partial charge in [-0.25, -0.2) is 4.39 Å². The fourth-order valence-electron chi connectivity index (χ4n) is 6.74. The first-order valence-electron chi connectivity index (χ1n) is 12.8. The number of Topliss-reactive ketones (excluding diaryl/α,β-unsaturated/α-hetero) is 2. The average molecular weight is 545 g/mol. The summed E-state index contributed by atoms with van der Waals surface area (Å²) in [6.45, 7) is 0.662. The third-order valence-electron chi connectivity index (χ3n) is 8.56. The van der Waals surface area contributed by atoms with E-state index in [2.05, 4.69) is 0 Å². The number of rotatable bonds is 5. The van der Waals surface area contributed by atoms with Crippen LogP contribution in [0.15, 0.2) is 23.0 Å². The zero-order valence-corrected chi connectivity index (χ0v) is 22.2. The molecule has 2 fully saturated rings. The van der Waals surface area contributed by atoms with Gasteiger partial charge in [0.15, 0.2) is 11.4 Å². The second-order valence-corrected chi connectivity index (χ2v) is 11.4. The number of carbonyl (C=O) groups is 3. The Bertz CT molecular complexity index is 1360. The molecule has 0 spiro atoms. The van der Waals surface area contributed by atoms with Gasteiger partial charge in [0.25, 0.3) is 5.91 Å². The topological polar surface area (TPSA) is 168 Å². The molecule has 39 heavy (non-hydrogen) atoms. The predicted molar refractivity (Wildman–Crippen MR) is 139 cm³/mol. The Labute approximate surface area is 224 Å². The van der Waals surface area contributed by atoms with Crippen molar-refractivity contribution in [2.24, 2.45) is 17.6 Å². The Kier molecular flexibility index (Phi) is 6.28. The number of carbonyl (C=O) groups excluding carboxylic acids is 3. The molecule has 0 unspecified atom stereocenters. The van der Waals surface area contributed by atoms with E-state index < -0.39 is 64.2 Å². The van der Waals surface area contributed by atoms with Crippen molar-refractivity contribution >= 4 is 28.9 Å². The maximum atomic E-state index is 14.0. The molecule has 1 heterocycles. The van der Waals surface area contributed by atoms with Crippen LogP contribution in [0.3, 0.4) is 0 Å². The van der Waals surface area contributed by atoms with Crippen LogP contribution >= 0.6 is 0 Å². The van der Waals surface area contributed by atoms with E-state index in [0.29, 0.717) is 16.8 Å². The first-order valence-corrected chi connectivity index (χ1v) is 12.8. The number of aliphatic hydroxyl groups excluding tert-OH is 2. The highest BCUT2D eigenvalue weighted by molar-refractivity contribution is 6.24. The van der Waals surface area contributed by atoms with Crippen molar-refractivity contribution in [2.75, 3.05) is 46.2 Å². The number of fused-ring (bicyclic) bond motifs is 3. The number of halogens is 1. The van der Waals surface area contributed by atoms with Crippen LogP contribution in [0.5, 0.6) is 5.75 Å². The standard InChI is InChI=1S/C27H33FN4O7/c1-30(2)16-7-12(8-32-9-13(28)10-32)21(33)18-14(16)5-11-6-15-20(31(3)4)23(35)19(26(29)38)25(37)27(15,39)24(36)17(11)22(18)34/h7,11,13,15,20,33-34,37,39H,5-6,8-10H2,1-4H3,(H2,29,38)/t11-,15-,20-,27-/m0/s1. The highest BCUT2D eigenvalue weighted by Crippen LogP contribution is 2.54. The van der Waals surface area contributed by atoms with Gasteiger partial charge in [-0.1, -0.05) is 0 Å². The molecule has 4 aliphatic rings. The van der Waals surface area contributed by atoms with Crippen molar-refractivity contribution in [1.29, 1.82) is 0 Å². The number of hydrogen-bond acceptors (Lipinski definition) is 10. The van der Waals surface area contributed by atoms with E-state index in [0.717, 1.165) is 0 Å². The van der Waals surface area contributed by atoms with E-state index in [1.165, 1.54) is 4.90 Å². The van der Waals surface area contributed by atoms with Crippen molar-refractivity contribution in [1.82, 2.24) is 9.80 Å². The first-order chi connectivity index (χ1) is 18.2. The number of benzene rings is 1. The summed E-state index contributed by atoms with van der Waals surface area (Å²) in [5.41, 5.74) is 3.36. The predicted octanol–water partition coefficient (Wildman–Crippen LogP) is 0.184. The summed E-state index contributed by atoms with van der Waals surface area (Å²) in [7, 11) is 6.71. The first kappa shape index (κ1) is 27.1. The Morgan fingerprint density at radius 3 is 2.36 bits per heavy atom. The maximum absolute atomic E-state index is 14.0. The zero-order valence-electron chi connectivity index (χ0n) is 22.2. The number of phenolic OH excluding ortho intramolecular Hbond substituents is 1. The van der Waals surface area contributed by atoms with Crippen molar-refractivity contribution < 1.29 is 39.2 Å². The van der Waals surface area contributed by atoms with Crippen LogP contribution in [-0.2, 0) is 27.3 Å². The summed E-state index contributed by atoms with van der Waals surface area (Å²) in [6.07, 6.45) is -0.721. The Morgan fingerprint density at radius 2 is 1.82 bits per heavy atom. The zero-order chi connectivity index (χ0) is 28.7. The molecular weight excluding hydrogens is 511 g/mol. The third kappa shape index (κ3) is 3.76. The van der Waals surface area contributed by atoms with E-state index in [1.807, 2.05) is 4.90 Å². The molecule has 1 amide bonds. The van der Waals surface area contributed by atoms with Crippen LogP contribution < -0.4 is 10.6 Å². The molecule has 5 rings (SSSR count). The second kappa shape index (κ2) is 9.04. The summed E-state index contributed by atoms with van der Waals surface area (Å²) >= 11 is 0. The smallest absolute Gasteiger partial charge is 0.255 e. The highest BCUT2D eigenvalue weighted by Gasteiger charge is 2.64. The Balaban J connectivity index is 1.70. The van der Waals surface area contributed by atoms with Crippen LogP contribution in [0.25, 0.3) is 5.76 Å². The molecule has 12 heteroatoms. The minimum Gasteiger partial charge on any atom is -0.508 e. The molecular formula is C27H33FN4O7. The number of aliphatic hydroxyl groups is 3. The lowest BCUT2D eigenvalue weighted by Crippen LogP contribution is -2.65. The largest absolute Gasteiger partial charge is 0.508 e. The summed E-state index contributed by atoms with van der Waals surface area (Å²) in [4.78, 5) is 44.4. The number of primary amides is 1. The lowest BCUT2D eigenvalue weighted by atomic mass is 9.57. The quantitative estimate of drug-likeness (QED) is 0.323. The van der Waals surface area contributed by atoms with Crippen LogP contribution in [0, 0.1) is 11.8 Å². The van der Waals surface area contributed by atoms with E-state index >= 15 is 0 Å². The lowest BCUT2D eigenvalue weighted by Gasteiger charge is -2.50. The number of ketones is 2. The van der Waals surface area contributed by atoms with Gasteiger partial charge in [-0.3, -0.25) is 24.2 Å². The van der Waals surface area contributed by atoms with Crippen LogP contribution in [0.1, 0.15) is 23.1 Å². The summed E-state index contributed by atoms with van der Waals surface area (Å²) < 4.78 is 13.4. The van der Waals surface area contributed by atoms with Crippen LogP contribution in [0.4, 0.5) is 10.1 Å². The molecule has 3 aliphatic carbocycles. The van der Waals surface area contributed by atoms with E-state index in [4.69, 9.17) is 5.73 Å². The molecule has 4 atom stereocenters. The lowest BCUT2D eigenvalue weighted by molar-refractivity contribution is -0.153. The molecule has 1 aliphatic heterocycles. The van der Waals surface area contributed by atoms with Gasteiger partial charge < -0.3 is 31.1 Å². The molecule has 1 saturated carbocycles. The number of hydrogen-bond donors (Lipinski definition) is 5. The number of nitrogens with two attached hydrogens (primary N) is 1. The number of likely N-dealkylation sites (tertiary alicyclic amines) is 1. The van der Waals surface area contributed by atoms with E-state index in [1.54, 1.807) is 39.2 Å². The average Bonchev–Trinajstić information content (AvgIpc) is 2.81. The Morgan fingerprint density at radius 1 is 1.18 bits per heavy atom. The van der Waals surface area contributed by atoms with Crippen LogP contribution in [-0.4, -0.2) is 107 Å². The molecule has 1 aromatic rings. The van der Waals surface area contributed by atoms with Crippen molar-refractivity contribution in [3.8, 4) is 5.75 Å². The number of likely N-dealkylation sites (N-methyl/N-ethyl adjacent to an activating group) is 1. The van der Waals surface area contributed by atoms with Gasteiger partial charge >= 0.3 is 0 Å². The molecule has 1 aromatic carbocycles. The summed E-state index contributed by atoms with van der Waals surface area (Å²) in [5.74, 6) is -6.83. The molecule has 0 aromatic heterocycles. The van der Waals surface area contributed by atoms with E-state index in [9.17, 15) is 39.2 Å². The number of nitrogens with zero attached hydrogens (tertiary/aromatic N) is 3. The van der Waals surface area contributed by atoms with Crippen molar-refractivity contribution in [3.05, 3.63) is 39.7 Å². The monoisotopic (exact) mass is 544 g/mol. The van der Waals surface area contributed by atoms with Gasteiger partial charge in [0.2, 0.25) is 5.78 Å². The molecule has 210 valence electrons. The maximum Gasteiger partial charge on any atom is 0.255 e. The Hall–Kier alpha value is -3.48. The van der Waals surface area contributed by atoms with Gasteiger partial charge in [-0.15, -0.1) is 0 Å². The number of anilines is 1. The fourth-order valence-corrected chi connectivity index (χ4v) is 6.74. The van der Waals surface area contributed by atoms with Gasteiger partial charge in [0.05, 0.1) is 11.6 Å². The fraction of sp³-hybridized carbons (Fsp3) is 0.519. The van der Waals surface area contributed by atoms with Crippen molar-refractivity contribution in [2.45, 2.75) is 37.2 Å². The van der Waals surface area contributed by atoms with Crippen LogP contribution in [0.2, 0.25) is 0 Å². The molecule has 0 radical (unpaired) electrons. The number of aromatic hydroxyl groups is 1. The number of phenols is 1. The minimum absolute atomic E-state index is 0.0206. The molecule has 0 bridgehead atoms. The van der Waals surface area contributed by atoms with E-state index in [-0.39, 0.29) is 49.4 Å². The van der Waals surface area contributed by atoms with Crippen molar-refractivity contribution in [3.63, 3.8) is 0 Å². The highest BCUT2D eigenvalue weighted by atomic mass is 19.1. The number of amides is 1.